The lowest BCUT2D eigenvalue weighted by Crippen LogP contribution is -2.47. The van der Waals surface area contributed by atoms with Crippen molar-refractivity contribution in [3.63, 3.8) is 0 Å². The van der Waals surface area contributed by atoms with E-state index >= 15 is 0 Å². The van der Waals surface area contributed by atoms with Crippen LogP contribution >= 0.6 is 0 Å². The number of nitrogens with one attached hydrogen (secondary N) is 1. The number of anilines is 1. The number of benzene rings is 3. The van der Waals surface area contributed by atoms with E-state index < -0.39 is 0 Å². The summed E-state index contributed by atoms with van der Waals surface area (Å²) < 4.78 is 0. The fraction of sp³-hybridized carbons (Fsp3) is 0.227. The third-order valence-electron chi connectivity index (χ3n) is 5.12. The Balaban J connectivity index is 1.83. The third kappa shape index (κ3) is 2.66. The van der Waals surface area contributed by atoms with Gasteiger partial charge >= 0.3 is 0 Å². The number of fused-ring (bicyclic) bond motifs is 2. The van der Waals surface area contributed by atoms with Crippen LogP contribution in [-0.4, -0.2) is 16.8 Å². The fourth-order valence-corrected chi connectivity index (χ4v) is 3.54. The zero-order valence-corrected chi connectivity index (χ0v) is 14.6. The van der Waals surface area contributed by atoms with Gasteiger partial charge in [0.1, 0.15) is 6.17 Å². The molecule has 1 heterocycles. The molecule has 3 aromatic carbocycles. The first-order valence-corrected chi connectivity index (χ1v) is 8.86. The molecule has 3 aromatic rings. The summed E-state index contributed by atoms with van der Waals surface area (Å²) in [5.41, 5.74) is 2.77. The average Bonchev–Trinajstić information content (AvgIpc) is 2.67. The van der Waals surface area contributed by atoms with Crippen LogP contribution in [0.25, 0.3) is 10.8 Å². The van der Waals surface area contributed by atoms with Gasteiger partial charge in [0.2, 0.25) is 0 Å². The number of para-hydroxylation sites is 1. The molecule has 3 nitrogen and oxygen atoms in total. The Morgan fingerprint density at radius 3 is 2.52 bits per heavy atom. The Morgan fingerprint density at radius 2 is 1.72 bits per heavy atom. The number of carbonyl (C=O) groups excluding carboxylic acids is 1. The van der Waals surface area contributed by atoms with Crippen LogP contribution in [0, 0.1) is 0 Å². The van der Waals surface area contributed by atoms with Crippen molar-refractivity contribution in [3.05, 3.63) is 77.9 Å². The van der Waals surface area contributed by atoms with Crippen molar-refractivity contribution in [1.82, 2.24) is 4.90 Å². The van der Waals surface area contributed by atoms with Gasteiger partial charge in [0.25, 0.3) is 5.91 Å². The zero-order chi connectivity index (χ0) is 17.4. The van der Waals surface area contributed by atoms with Gasteiger partial charge in [-0.25, -0.2) is 0 Å². The molecule has 0 bridgehead atoms. The number of amides is 1. The molecule has 126 valence electrons. The summed E-state index contributed by atoms with van der Waals surface area (Å²) in [6.45, 7) is 4.23. The first-order valence-electron chi connectivity index (χ1n) is 8.86. The van der Waals surface area contributed by atoms with Crippen LogP contribution in [0.2, 0.25) is 0 Å². The summed E-state index contributed by atoms with van der Waals surface area (Å²) in [7, 11) is 0. The molecule has 25 heavy (non-hydrogen) atoms. The van der Waals surface area contributed by atoms with Crippen LogP contribution in [0.15, 0.2) is 66.7 Å². The maximum absolute atomic E-state index is 13.2. The Hall–Kier alpha value is -2.81. The number of nitrogens with zero attached hydrogens (tertiary/aromatic N) is 1. The SMILES string of the molecule is CCC(C)N1C(=O)c2ccccc2NC1c1ccc2ccccc2c1. The van der Waals surface area contributed by atoms with Crippen LogP contribution in [0.4, 0.5) is 5.69 Å². The van der Waals surface area contributed by atoms with E-state index in [1.807, 2.05) is 41.3 Å². The molecule has 0 saturated heterocycles. The molecule has 3 heteroatoms. The Labute approximate surface area is 148 Å². The quantitative estimate of drug-likeness (QED) is 0.715. The Bertz CT molecular complexity index is 934. The first kappa shape index (κ1) is 15.7. The molecule has 4 rings (SSSR count). The van der Waals surface area contributed by atoms with E-state index in [1.165, 1.54) is 10.8 Å². The number of rotatable bonds is 3. The van der Waals surface area contributed by atoms with Crippen molar-refractivity contribution in [3.8, 4) is 0 Å². The van der Waals surface area contributed by atoms with Gasteiger partial charge in [-0.15, -0.1) is 0 Å². The number of hydrogen-bond donors (Lipinski definition) is 1. The van der Waals surface area contributed by atoms with E-state index in [2.05, 4.69) is 49.5 Å². The molecule has 0 spiro atoms. The molecule has 1 N–H and O–H groups in total. The van der Waals surface area contributed by atoms with E-state index in [0.717, 1.165) is 23.2 Å². The molecule has 1 aliphatic heterocycles. The van der Waals surface area contributed by atoms with Gasteiger partial charge in [0, 0.05) is 11.7 Å². The predicted molar refractivity (Wildman–Crippen MR) is 103 cm³/mol. The molecule has 2 unspecified atom stereocenters. The summed E-state index contributed by atoms with van der Waals surface area (Å²) in [6, 6.07) is 22.7. The molecule has 0 fully saturated rings. The van der Waals surface area contributed by atoms with Crippen LogP contribution in [0.5, 0.6) is 0 Å². The van der Waals surface area contributed by atoms with E-state index in [4.69, 9.17) is 0 Å². The Morgan fingerprint density at radius 1 is 1.00 bits per heavy atom. The van der Waals surface area contributed by atoms with Gasteiger partial charge in [0.15, 0.2) is 0 Å². The van der Waals surface area contributed by atoms with Gasteiger partial charge in [-0.3, -0.25) is 4.79 Å². The minimum atomic E-state index is -0.151. The van der Waals surface area contributed by atoms with Crippen LogP contribution in [0.3, 0.4) is 0 Å². The summed E-state index contributed by atoms with van der Waals surface area (Å²) in [6.07, 6.45) is 0.765. The first-order chi connectivity index (χ1) is 12.2. The van der Waals surface area contributed by atoms with Gasteiger partial charge < -0.3 is 10.2 Å². The standard InChI is InChI=1S/C22H22N2O/c1-3-15(2)24-21(23-20-11-7-6-10-19(20)22(24)25)18-13-12-16-8-4-5-9-17(16)14-18/h4-15,21,23H,3H2,1-2H3. The van der Waals surface area contributed by atoms with Crippen molar-refractivity contribution in [2.24, 2.45) is 0 Å². The lowest BCUT2D eigenvalue weighted by molar-refractivity contribution is 0.0594. The van der Waals surface area contributed by atoms with E-state index in [1.54, 1.807) is 0 Å². The second-order valence-electron chi connectivity index (χ2n) is 6.67. The molecule has 0 radical (unpaired) electrons. The molecule has 0 saturated carbocycles. The number of hydrogen-bond acceptors (Lipinski definition) is 2. The van der Waals surface area contributed by atoms with Crippen LogP contribution in [-0.2, 0) is 0 Å². The summed E-state index contributed by atoms with van der Waals surface area (Å²) in [4.78, 5) is 15.1. The Kier molecular flexibility index (Phi) is 3.92. The van der Waals surface area contributed by atoms with E-state index in [-0.39, 0.29) is 18.1 Å². The van der Waals surface area contributed by atoms with Crippen molar-refractivity contribution in [2.45, 2.75) is 32.5 Å². The average molecular weight is 330 g/mol. The fourth-order valence-electron chi connectivity index (χ4n) is 3.54. The summed E-state index contributed by atoms with van der Waals surface area (Å²) in [5, 5.41) is 5.98. The summed E-state index contributed by atoms with van der Waals surface area (Å²) in [5.74, 6) is 0.0989. The highest BCUT2D eigenvalue weighted by Crippen LogP contribution is 2.35. The van der Waals surface area contributed by atoms with Crippen molar-refractivity contribution in [1.29, 1.82) is 0 Å². The molecular weight excluding hydrogens is 308 g/mol. The second-order valence-corrected chi connectivity index (χ2v) is 6.67. The molecule has 0 aliphatic carbocycles. The number of carbonyl (C=O) groups is 1. The predicted octanol–water partition coefficient (Wildman–Crippen LogP) is 5.20. The van der Waals surface area contributed by atoms with Crippen LogP contribution in [0.1, 0.15) is 42.4 Å². The molecule has 0 aromatic heterocycles. The van der Waals surface area contributed by atoms with Crippen molar-refractivity contribution < 1.29 is 4.79 Å². The maximum Gasteiger partial charge on any atom is 0.258 e. The molecule has 1 amide bonds. The van der Waals surface area contributed by atoms with Gasteiger partial charge in [-0.1, -0.05) is 55.5 Å². The third-order valence-corrected chi connectivity index (χ3v) is 5.12. The van der Waals surface area contributed by atoms with E-state index in [0.29, 0.717) is 0 Å². The highest BCUT2D eigenvalue weighted by atomic mass is 16.2. The maximum atomic E-state index is 13.2. The second kappa shape index (κ2) is 6.25. The largest absolute Gasteiger partial charge is 0.361 e. The van der Waals surface area contributed by atoms with Crippen molar-refractivity contribution in [2.75, 3.05) is 5.32 Å². The van der Waals surface area contributed by atoms with Gasteiger partial charge in [-0.2, -0.15) is 0 Å². The topological polar surface area (TPSA) is 32.3 Å². The highest BCUT2D eigenvalue weighted by Gasteiger charge is 2.35. The van der Waals surface area contributed by atoms with Crippen LogP contribution < -0.4 is 5.32 Å². The highest BCUT2D eigenvalue weighted by molar-refractivity contribution is 6.02. The normalized spacial score (nSPS) is 17.9. The monoisotopic (exact) mass is 330 g/mol. The summed E-state index contributed by atoms with van der Waals surface area (Å²) >= 11 is 0. The smallest absolute Gasteiger partial charge is 0.258 e. The minimum Gasteiger partial charge on any atom is -0.361 e. The molecule has 2 atom stereocenters. The molecular formula is C22H22N2O. The van der Waals surface area contributed by atoms with Gasteiger partial charge in [0.05, 0.1) is 5.56 Å². The molecule has 1 aliphatic rings. The minimum absolute atomic E-state index is 0.0989. The lowest BCUT2D eigenvalue weighted by atomic mass is 9.99. The van der Waals surface area contributed by atoms with E-state index in [9.17, 15) is 4.79 Å². The van der Waals surface area contributed by atoms with Crippen molar-refractivity contribution >= 4 is 22.4 Å². The zero-order valence-electron chi connectivity index (χ0n) is 14.6. The lowest BCUT2D eigenvalue weighted by Gasteiger charge is -2.41. The van der Waals surface area contributed by atoms with Gasteiger partial charge in [-0.05, 0) is 47.9 Å².